The Labute approximate surface area is 101 Å². The van der Waals surface area contributed by atoms with Gasteiger partial charge in [-0.25, -0.2) is 9.78 Å². The third-order valence-corrected chi connectivity index (χ3v) is 3.50. The smallest absolute Gasteiger partial charge is 0.360 e. The molecular formula is C12H19N3O2. The van der Waals surface area contributed by atoms with Crippen LogP contribution in [-0.2, 0) is 11.3 Å². The fraction of sp³-hybridized carbons (Fsp3) is 0.667. The number of ether oxygens (including phenoxy) is 1. The topological polar surface area (TPSA) is 70.1 Å². The summed E-state index contributed by atoms with van der Waals surface area (Å²) in [6.07, 6.45) is 6.51. The van der Waals surface area contributed by atoms with Crippen LogP contribution in [0.25, 0.3) is 0 Å². The molecule has 0 aliphatic heterocycles. The molecule has 1 saturated carbocycles. The summed E-state index contributed by atoms with van der Waals surface area (Å²) < 4.78 is 6.50. The number of nitrogens with zero attached hydrogens (tertiary/aromatic N) is 2. The number of esters is 1. The van der Waals surface area contributed by atoms with E-state index in [1.807, 2.05) is 4.57 Å². The van der Waals surface area contributed by atoms with Gasteiger partial charge in [-0.05, 0) is 24.7 Å². The van der Waals surface area contributed by atoms with Crippen molar-refractivity contribution in [3.05, 3.63) is 12.0 Å². The maximum absolute atomic E-state index is 11.4. The van der Waals surface area contributed by atoms with Crippen LogP contribution < -0.4 is 5.73 Å². The van der Waals surface area contributed by atoms with Crippen LogP contribution in [-0.4, -0.2) is 22.6 Å². The highest BCUT2D eigenvalue weighted by molar-refractivity contribution is 5.92. The first kappa shape index (κ1) is 12.0. The Morgan fingerprint density at radius 3 is 2.88 bits per heavy atom. The van der Waals surface area contributed by atoms with Crippen LogP contribution in [0, 0.1) is 5.41 Å². The lowest BCUT2D eigenvalue weighted by molar-refractivity contribution is 0.0596. The first-order valence-electron chi connectivity index (χ1n) is 6.01. The maximum atomic E-state index is 11.4. The molecule has 2 rings (SSSR count). The number of carbonyl (C=O) groups is 1. The van der Waals surface area contributed by atoms with Crippen molar-refractivity contribution in [3.63, 3.8) is 0 Å². The van der Waals surface area contributed by atoms with E-state index in [-0.39, 0.29) is 5.69 Å². The van der Waals surface area contributed by atoms with E-state index in [4.69, 9.17) is 5.73 Å². The van der Waals surface area contributed by atoms with Gasteiger partial charge >= 0.3 is 5.97 Å². The molecule has 1 heterocycles. The van der Waals surface area contributed by atoms with E-state index >= 15 is 0 Å². The molecule has 1 fully saturated rings. The van der Waals surface area contributed by atoms with E-state index in [0.29, 0.717) is 11.2 Å². The quantitative estimate of drug-likeness (QED) is 0.793. The van der Waals surface area contributed by atoms with Crippen molar-refractivity contribution in [2.45, 2.75) is 39.2 Å². The van der Waals surface area contributed by atoms with Crippen molar-refractivity contribution in [3.8, 4) is 0 Å². The molecule has 0 spiro atoms. The van der Waals surface area contributed by atoms with Gasteiger partial charge in [0.1, 0.15) is 5.82 Å². The zero-order valence-corrected chi connectivity index (χ0v) is 10.4. The molecular weight excluding hydrogens is 218 g/mol. The van der Waals surface area contributed by atoms with E-state index < -0.39 is 5.97 Å². The number of nitrogens with two attached hydrogens (primary N) is 1. The Balaban J connectivity index is 2.12. The van der Waals surface area contributed by atoms with Gasteiger partial charge in [0, 0.05) is 6.54 Å². The fourth-order valence-electron chi connectivity index (χ4n) is 2.33. The van der Waals surface area contributed by atoms with E-state index in [1.165, 1.54) is 32.8 Å². The van der Waals surface area contributed by atoms with Crippen molar-refractivity contribution < 1.29 is 9.53 Å². The van der Waals surface area contributed by atoms with Gasteiger partial charge in [0.15, 0.2) is 5.69 Å². The Morgan fingerprint density at radius 2 is 2.35 bits per heavy atom. The third-order valence-electron chi connectivity index (χ3n) is 3.50. The number of imidazole rings is 1. The number of hydrogen-bond acceptors (Lipinski definition) is 4. The number of nitrogen functional groups attached to an aromatic ring is 1. The number of hydrogen-bond donors (Lipinski definition) is 1. The Morgan fingerprint density at radius 1 is 1.65 bits per heavy atom. The van der Waals surface area contributed by atoms with Gasteiger partial charge in [0.2, 0.25) is 0 Å². The van der Waals surface area contributed by atoms with Gasteiger partial charge in [0.05, 0.1) is 13.4 Å². The molecule has 5 heteroatoms. The highest BCUT2D eigenvalue weighted by Gasteiger charge is 2.42. The number of methoxy groups -OCH3 is 1. The molecule has 0 unspecified atom stereocenters. The second-order valence-corrected chi connectivity index (χ2v) is 4.85. The minimum atomic E-state index is -0.471. The predicted octanol–water partition coefficient (Wildman–Crippen LogP) is 1.83. The van der Waals surface area contributed by atoms with Crippen LogP contribution in [0.3, 0.4) is 0 Å². The number of aromatic nitrogens is 2. The molecule has 0 saturated heterocycles. The van der Waals surface area contributed by atoms with Gasteiger partial charge in [-0.2, -0.15) is 0 Å². The molecule has 1 aliphatic carbocycles. The van der Waals surface area contributed by atoms with E-state index in [0.717, 1.165) is 6.54 Å². The number of carbonyl (C=O) groups excluding carboxylic acids is 1. The van der Waals surface area contributed by atoms with E-state index in [2.05, 4.69) is 16.6 Å². The summed E-state index contributed by atoms with van der Waals surface area (Å²) in [7, 11) is 1.33. The monoisotopic (exact) mass is 237 g/mol. The summed E-state index contributed by atoms with van der Waals surface area (Å²) in [5, 5.41) is 0. The van der Waals surface area contributed by atoms with Crippen LogP contribution >= 0.6 is 0 Å². The van der Waals surface area contributed by atoms with Gasteiger partial charge < -0.3 is 15.0 Å². The summed E-state index contributed by atoms with van der Waals surface area (Å²) >= 11 is 0. The second-order valence-electron chi connectivity index (χ2n) is 4.85. The van der Waals surface area contributed by atoms with Crippen LogP contribution in [0.15, 0.2) is 6.33 Å². The summed E-state index contributed by atoms with van der Waals surface area (Å²) in [5.41, 5.74) is 6.52. The van der Waals surface area contributed by atoms with E-state index in [1.54, 1.807) is 6.33 Å². The molecule has 0 aromatic carbocycles. The largest absolute Gasteiger partial charge is 0.464 e. The molecule has 94 valence electrons. The zero-order valence-electron chi connectivity index (χ0n) is 10.4. The molecule has 2 N–H and O–H groups in total. The van der Waals surface area contributed by atoms with Crippen LogP contribution in [0.5, 0.6) is 0 Å². The Bertz CT molecular complexity index is 421. The second kappa shape index (κ2) is 4.39. The predicted molar refractivity (Wildman–Crippen MR) is 64.6 cm³/mol. The minimum absolute atomic E-state index is 0.222. The molecule has 5 nitrogen and oxygen atoms in total. The Hall–Kier alpha value is -1.52. The van der Waals surface area contributed by atoms with Crippen molar-refractivity contribution in [2.75, 3.05) is 12.8 Å². The van der Waals surface area contributed by atoms with Gasteiger partial charge in [0.25, 0.3) is 0 Å². The Kier molecular flexibility index (Phi) is 3.09. The van der Waals surface area contributed by atoms with Crippen LogP contribution in [0.4, 0.5) is 5.82 Å². The molecule has 1 aromatic heterocycles. The lowest BCUT2D eigenvalue weighted by Gasteiger charge is -2.15. The lowest BCUT2D eigenvalue weighted by atomic mass is 10.0. The SMILES string of the molecule is CCCC1(Cn2cnc(C(=O)OC)c2N)CC1. The lowest BCUT2D eigenvalue weighted by Crippen LogP contribution is -2.14. The van der Waals surface area contributed by atoms with Crippen LogP contribution in [0.1, 0.15) is 43.1 Å². The molecule has 0 bridgehead atoms. The molecule has 1 aliphatic rings. The molecule has 0 atom stereocenters. The molecule has 0 radical (unpaired) electrons. The standard InChI is InChI=1S/C12H19N3O2/c1-3-4-12(5-6-12)7-15-8-14-9(10(15)13)11(16)17-2/h8H,3-7,13H2,1-2H3. The number of anilines is 1. The average molecular weight is 237 g/mol. The zero-order chi connectivity index (χ0) is 12.5. The summed E-state index contributed by atoms with van der Waals surface area (Å²) in [4.78, 5) is 15.4. The summed E-state index contributed by atoms with van der Waals surface area (Å²) in [6, 6.07) is 0. The average Bonchev–Trinajstić information content (AvgIpc) is 2.98. The van der Waals surface area contributed by atoms with Crippen molar-refractivity contribution in [2.24, 2.45) is 5.41 Å². The van der Waals surface area contributed by atoms with Crippen LogP contribution in [0.2, 0.25) is 0 Å². The minimum Gasteiger partial charge on any atom is -0.464 e. The molecule has 1 aromatic rings. The van der Waals surface area contributed by atoms with Gasteiger partial charge in [-0.1, -0.05) is 13.3 Å². The fourth-order valence-corrected chi connectivity index (χ4v) is 2.33. The van der Waals surface area contributed by atoms with Crippen molar-refractivity contribution in [1.82, 2.24) is 9.55 Å². The number of rotatable bonds is 5. The third kappa shape index (κ3) is 2.28. The van der Waals surface area contributed by atoms with Crippen molar-refractivity contribution in [1.29, 1.82) is 0 Å². The molecule has 0 amide bonds. The van der Waals surface area contributed by atoms with Gasteiger partial charge in [-0.3, -0.25) is 0 Å². The molecule has 17 heavy (non-hydrogen) atoms. The maximum Gasteiger partial charge on any atom is 0.360 e. The van der Waals surface area contributed by atoms with Crippen molar-refractivity contribution >= 4 is 11.8 Å². The summed E-state index contributed by atoms with van der Waals surface area (Å²) in [5.74, 6) is -0.0548. The first-order valence-corrected chi connectivity index (χ1v) is 6.01. The highest BCUT2D eigenvalue weighted by Crippen LogP contribution is 2.51. The van der Waals surface area contributed by atoms with E-state index in [9.17, 15) is 4.79 Å². The van der Waals surface area contributed by atoms with Gasteiger partial charge in [-0.15, -0.1) is 0 Å². The summed E-state index contributed by atoms with van der Waals surface area (Å²) in [6.45, 7) is 3.05. The first-order chi connectivity index (χ1) is 8.12. The highest BCUT2D eigenvalue weighted by atomic mass is 16.5. The normalized spacial score (nSPS) is 16.8.